The van der Waals surface area contributed by atoms with Crippen LogP contribution in [0.4, 0.5) is 0 Å². The predicted octanol–water partition coefficient (Wildman–Crippen LogP) is 4.51. The van der Waals surface area contributed by atoms with Gasteiger partial charge in [-0.3, -0.25) is 9.59 Å². The van der Waals surface area contributed by atoms with E-state index in [0.29, 0.717) is 24.4 Å². The Kier molecular flexibility index (Phi) is 7.24. The number of benzene rings is 2. The van der Waals surface area contributed by atoms with Gasteiger partial charge in [0.2, 0.25) is 5.91 Å². The smallest absolute Gasteiger partial charge is 0.240 e. The number of likely N-dealkylation sites (tertiary alicyclic amines) is 1. The van der Waals surface area contributed by atoms with Gasteiger partial charge in [-0.1, -0.05) is 42.0 Å². The van der Waals surface area contributed by atoms with Gasteiger partial charge in [-0.15, -0.1) is 0 Å². The van der Waals surface area contributed by atoms with E-state index >= 15 is 0 Å². The highest BCUT2D eigenvalue weighted by Gasteiger charge is 2.35. The molecule has 156 valence electrons. The number of hydrogen-bond acceptors (Lipinski definition) is 4. The van der Waals surface area contributed by atoms with Crippen LogP contribution in [0.5, 0.6) is 5.75 Å². The third-order valence-corrected chi connectivity index (χ3v) is 5.80. The summed E-state index contributed by atoms with van der Waals surface area (Å²) in [4.78, 5) is 28.0. The van der Waals surface area contributed by atoms with E-state index in [-0.39, 0.29) is 18.1 Å². The summed E-state index contributed by atoms with van der Waals surface area (Å²) in [5, 5.41) is 9.95. The van der Waals surface area contributed by atoms with Crippen molar-refractivity contribution in [1.82, 2.24) is 4.90 Å². The molecule has 5 nitrogen and oxygen atoms in total. The summed E-state index contributed by atoms with van der Waals surface area (Å²) in [6.45, 7) is 3.33. The van der Waals surface area contributed by atoms with Crippen molar-refractivity contribution in [2.45, 2.75) is 38.5 Å². The van der Waals surface area contributed by atoms with Gasteiger partial charge in [0.05, 0.1) is 13.2 Å². The Balaban J connectivity index is 1.90. The number of carbonyl (C=O) groups excluding carboxylic acids is 2. The normalized spacial score (nSPS) is 15.7. The fraction of sp³-hybridized carbons (Fsp3) is 0.400. The van der Waals surface area contributed by atoms with Crippen LogP contribution in [0.1, 0.15) is 53.1 Å². The molecule has 30 heavy (non-hydrogen) atoms. The minimum Gasteiger partial charge on any atom is -0.497 e. The van der Waals surface area contributed by atoms with Gasteiger partial charge in [0.25, 0.3) is 0 Å². The Hall–Kier alpha value is -3.13. The number of ether oxygens (including phenoxy) is 1. The molecule has 2 aromatic carbocycles. The molecular weight excluding hydrogens is 376 g/mol. The van der Waals surface area contributed by atoms with Crippen molar-refractivity contribution in [3.63, 3.8) is 0 Å². The van der Waals surface area contributed by atoms with Crippen LogP contribution in [0, 0.1) is 24.2 Å². The standard InChI is InChI=1S/C25H28N2O3/c1-18-6-8-20(9-7-18)24(28)16-22(19-10-12-21(30-2)13-11-19)23(17-26)25(29)27-14-4-3-5-15-27/h6-13,22-23H,3-5,14-16H2,1-2H3/t22-,23+/m0/s1. The molecule has 1 saturated heterocycles. The maximum absolute atomic E-state index is 13.2. The Bertz CT molecular complexity index is 907. The quantitative estimate of drug-likeness (QED) is 0.637. The van der Waals surface area contributed by atoms with Gasteiger partial charge in [-0.2, -0.15) is 5.26 Å². The van der Waals surface area contributed by atoms with E-state index in [1.807, 2.05) is 31.2 Å². The average molecular weight is 405 g/mol. The molecule has 1 aliphatic heterocycles. The summed E-state index contributed by atoms with van der Waals surface area (Å²) in [6.07, 6.45) is 3.13. The number of ketones is 1. The molecule has 2 atom stereocenters. The molecule has 0 spiro atoms. The molecule has 3 rings (SSSR count). The lowest BCUT2D eigenvalue weighted by Gasteiger charge is -2.31. The van der Waals surface area contributed by atoms with E-state index in [0.717, 1.165) is 30.4 Å². The van der Waals surface area contributed by atoms with Crippen LogP contribution < -0.4 is 4.74 Å². The van der Waals surface area contributed by atoms with Crippen molar-refractivity contribution in [2.75, 3.05) is 20.2 Å². The summed E-state index contributed by atoms with van der Waals surface area (Å²) < 4.78 is 5.23. The number of nitrogens with zero attached hydrogens (tertiary/aromatic N) is 2. The number of aryl methyl sites for hydroxylation is 1. The fourth-order valence-electron chi connectivity index (χ4n) is 3.96. The number of amides is 1. The van der Waals surface area contributed by atoms with Crippen LogP contribution in [-0.2, 0) is 4.79 Å². The SMILES string of the molecule is COc1ccc([C@H](CC(=O)c2ccc(C)cc2)[C@@H](C#N)C(=O)N2CCCCC2)cc1. The predicted molar refractivity (Wildman–Crippen MR) is 115 cm³/mol. The summed E-state index contributed by atoms with van der Waals surface area (Å²) in [7, 11) is 1.59. The van der Waals surface area contributed by atoms with Gasteiger partial charge >= 0.3 is 0 Å². The van der Waals surface area contributed by atoms with Gasteiger partial charge in [0.1, 0.15) is 11.7 Å². The largest absolute Gasteiger partial charge is 0.497 e. The van der Waals surface area contributed by atoms with Gasteiger partial charge in [-0.05, 0) is 43.9 Å². The van der Waals surface area contributed by atoms with Crippen molar-refractivity contribution in [2.24, 2.45) is 5.92 Å². The third-order valence-electron chi connectivity index (χ3n) is 5.80. The highest BCUT2D eigenvalue weighted by molar-refractivity contribution is 5.97. The number of methoxy groups -OCH3 is 1. The van der Waals surface area contributed by atoms with E-state index in [1.165, 1.54) is 0 Å². The molecule has 1 amide bonds. The summed E-state index contributed by atoms with van der Waals surface area (Å²) in [5.41, 5.74) is 2.47. The summed E-state index contributed by atoms with van der Waals surface area (Å²) in [6, 6.07) is 16.9. The molecule has 0 N–H and O–H groups in total. The number of hydrogen-bond donors (Lipinski definition) is 0. The van der Waals surface area contributed by atoms with Crippen LogP contribution in [0.3, 0.4) is 0 Å². The lowest BCUT2D eigenvalue weighted by molar-refractivity contribution is -0.135. The molecular formula is C25H28N2O3. The van der Waals surface area contributed by atoms with Crippen molar-refractivity contribution >= 4 is 11.7 Å². The first-order valence-electron chi connectivity index (χ1n) is 10.5. The van der Waals surface area contributed by atoms with E-state index < -0.39 is 11.8 Å². The Labute approximate surface area is 178 Å². The van der Waals surface area contributed by atoms with E-state index in [1.54, 1.807) is 36.3 Å². The van der Waals surface area contributed by atoms with Crippen LogP contribution in [0.2, 0.25) is 0 Å². The molecule has 1 aliphatic rings. The first-order valence-corrected chi connectivity index (χ1v) is 10.5. The number of Topliss-reactive ketones (excluding diaryl/α,β-unsaturated/α-hetero) is 1. The van der Waals surface area contributed by atoms with Gasteiger partial charge in [0.15, 0.2) is 5.78 Å². The number of carbonyl (C=O) groups is 2. The monoisotopic (exact) mass is 404 g/mol. The summed E-state index contributed by atoms with van der Waals surface area (Å²) in [5.74, 6) is -0.953. The first-order chi connectivity index (χ1) is 14.5. The Morgan fingerprint density at radius 1 is 1.03 bits per heavy atom. The molecule has 1 fully saturated rings. The lowest BCUT2D eigenvalue weighted by Crippen LogP contribution is -2.41. The van der Waals surface area contributed by atoms with Crippen molar-refractivity contribution in [1.29, 1.82) is 5.26 Å². The van der Waals surface area contributed by atoms with Crippen LogP contribution in [-0.4, -0.2) is 36.8 Å². The minimum absolute atomic E-state index is 0.0671. The molecule has 2 aromatic rings. The Morgan fingerprint density at radius 3 is 2.23 bits per heavy atom. The molecule has 0 unspecified atom stereocenters. The van der Waals surface area contributed by atoms with Crippen LogP contribution >= 0.6 is 0 Å². The topological polar surface area (TPSA) is 70.4 Å². The first kappa shape index (κ1) is 21.6. The van der Waals surface area contributed by atoms with Crippen LogP contribution in [0.15, 0.2) is 48.5 Å². The number of nitriles is 1. The zero-order valence-electron chi connectivity index (χ0n) is 17.6. The van der Waals surface area contributed by atoms with E-state index in [9.17, 15) is 14.9 Å². The molecule has 0 aromatic heterocycles. The second-order valence-corrected chi connectivity index (χ2v) is 7.87. The number of piperidine rings is 1. The Morgan fingerprint density at radius 2 is 1.67 bits per heavy atom. The molecule has 0 saturated carbocycles. The number of rotatable bonds is 7. The maximum Gasteiger partial charge on any atom is 0.240 e. The van der Waals surface area contributed by atoms with Crippen molar-refractivity contribution in [3.8, 4) is 11.8 Å². The second-order valence-electron chi connectivity index (χ2n) is 7.87. The third kappa shape index (κ3) is 5.07. The second kappa shape index (κ2) is 10.1. The lowest BCUT2D eigenvalue weighted by atomic mass is 9.81. The minimum atomic E-state index is -0.897. The summed E-state index contributed by atoms with van der Waals surface area (Å²) >= 11 is 0. The molecule has 1 heterocycles. The van der Waals surface area contributed by atoms with Crippen molar-refractivity contribution < 1.29 is 14.3 Å². The molecule has 0 aliphatic carbocycles. The van der Waals surface area contributed by atoms with E-state index in [4.69, 9.17) is 4.74 Å². The average Bonchev–Trinajstić information content (AvgIpc) is 2.79. The maximum atomic E-state index is 13.2. The van der Waals surface area contributed by atoms with E-state index in [2.05, 4.69) is 6.07 Å². The fourth-order valence-corrected chi connectivity index (χ4v) is 3.96. The zero-order chi connectivity index (χ0) is 21.5. The van der Waals surface area contributed by atoms with Crippen molar-refractivity contribution in [3.05, 3.63) is 65.2 Å². The van der Waals surface area contributed by atoms with Gasteiger partial charge in [-0.25, -0.2) is 0 Å². The van der Waals surface area contributed by atoms with Gasteiger partial charge < -0.3 is 9.64 Å². The molecule has 0 radical (unpaired) electrons. The molecule has 5 heteroatoms. The molecule has 0 bridgehead atoms. The zero-order valence-corrected chi connectivity index (χ0v) is 17.6. The van der Waals surface area contributed by atoms with Crippen LogP contribution in [0.25, 0.3) is 0 Å². The highest BCUT2D eigenvalue weighted by atomic mass is 16.5. The highest BCUT2D eigenvalue weighted by Crippen LogP contribution is 2.33. The van der Waals surface area contributed by atoms with Gasteiger partial charge in [0, 0.05) is 31.0 Å².